The van der Waals surface area contributed by atoms with E-state index < -0.39 is 21.8 Å². The van der Waals surface area contributed by atoms with Crippen molar-refractivity contribution in [1.82, 2.24) is 4.31 Å². The number of nitrogens with zero attached hydrogens (tertiary/aromatic N) is 1. The van der Waals surface area contributed by atoms with Gasteiger partial charge in [0.1, 0.15) is 0 Å². The van der Waals surface area contributed by atoms with Crippen molar-refractivity contribution >= 4 is 10.0 Å². The summed E-state index contributed by atoms with van der Waals surface area (Å²) in [5.74, 6) is 0.617. The van der Waals surface area contributed by atoms with Gasteiger partial charge in [-0.3, -0.25) is 0 Å². The minimum Gasteiger partial charge on any atom is -0.328 e. The number of hydrogen-bond acceptors (Lipinski definition) is 3. The molecule has 1 aromatic carbocycles. The Balaban J connectivity index is 1.87. The van der Waals surface area contributed by atoms with Gasteiger partial charge in [-0.2, -0.15) is 17.5 Å². The Morgan fingerprint density at radius 3 is 2.21 bits per heavy atom. The topological polar surface area (TPSA) is 63.4 Å². The van der Waals surface area contributed by atoms with Gasteiger partial charge in [-0.25, -0.2) is 8.42 Å². The first-order valence-corrected chi connectivity index (χ1v) is 11.9. The van der Waals surface area contributed by atoms with Gasteiger partial charge in [-0.1, -0.05) is 26.2 Å². The molecule has 0 heterocycles. The van der Waals surface area contributed by atoms with Gasteiger partial charge in [0.25, 0.3) is 0 Å². The standard InChI is InChI=1S/C21H33F3N2O2S/c1-3-18(25)7-5-4-6-16-8-12-19(13-9-16)26(2)29(27,28)20-14-10-17(11-15-20)21(22,23)24/h10-11,14-16,18-19H,3-9,12-13,25H2,1-2H3/t16-,18?,19-. The summed E-state index contributed by atoms with van der Waals surface area (Å²) >= 11 is 0. The summed E-state index contributed by atoms with van der Waals surface area (Å²) in [5.41, 5.74) is 5.10. The predicted molar refractivity (Wildman–Crippen MR) is 109 cm³/mol. The van der Waals surface area contributed by atoms with Crippen LogP contribution in [0.3, 0.4) is 0 Å². The van der Waals surface area contributed by atoms with Crippen molar-refractivity contribution in [2.75, 3.05) is 7.05 Å². The number of halogens is 3. The van der Waals surface area contributed by atoms with Gasteiger partial charge in [0.05, 0.1) is 10.5 Å². The molecule has 0 aromatic heterocycles. The molecule has 2 rings (SSSR count). The summed E-state index contributed by atoms with van der Waals surface area (Å²) in [6.45, 7) is 2.10. The fraction of sp³-hybridized carbons (Fsp3) is 0.714. The number of alkyl halides is 3. The maximum atomic E-state index is 12.8. The Kier molecular flexibility index (Phi) is 8.55. The highest BCUT2D eigenvalue weighted by molar-refractivity contribution is 7.89. The summed E-state index contributed by atoms with van der Waals surface area (Å²) in [7, 11) is -2.27. The van der Waals surface area contributed by atoms with Crippen LogP contribution in [-0.2, 0) is 16.2 Å². The van der Waals surface area contributed by atoms with E-state index in [0.717, 1.165) is 82.1 Å². The van der Waals surface area contributed by atoms with Crippen LogP contribution in [0.4, 0.5) is 13.2 Å². The molecule has 0 saturated heterocycles. The largest absolute Gasteiger partial charge is 0.416 e. The lowest BCUT2D eigenvalue weighted by molar-refractivity contribution is -0.137. The SMILES string of the molecule is CCC(N)CCCC[C@H]1CC[C@H](N(C)S(=O)(=O)c2ccc(C(F)(F)F)cc2)CC1. The van der Waals surface area contributed by atoms with E-state index in [1.165, 1.54) is 11.4 Å². The van der Waals surface area contributed by atoms with Crippen molar-refractivity contribution in [2.45, 2.75) is 87.9 Å². The molecule has 166 valence electrons. The van der Waals surface area contributed by atoms with Gasteiger partial charge >= 0.3 is 6.18 Å². The smallest absolute Gasteiger partial charge is 0.328 e. The number of sulfonamides is 1. The molecule has 4 nitrogen and oxygen atoms in total. The fourth-order valence-electron chi connectivity index (χ4n) is 4.02. The van der Waals surface area contributed by atoms with Gasteiger partial charge in [-0.15, -0.1) is 0 Å². The van der Waals surface area contributed by atoms with Gasteiger partial charge in [0.2, 0.25) is 10.0 Å². The molecular formula is C21H33F3N2O2S. The summed E-state index contributed by atoms with van der Waals surface area (Å²) < 4.78 is 65.1. The molecule has 1 fully saturated rings. The second kappa shape index (κ2) is 10.3. The minimum absolute atomic E-state index is 0.0950. The van der Waals surface area contributed by atoms with Crippen LogP contribution in [0.2, 0.25) is 0 Å². The summed E-state index contributed by atoms with van der Waals surface area (Å²) in [4.78, 5) is -0.0950. The number of benzene rings is 1. The van der Waals surface area contributed by atoms with Crippen LogP contribution < -0.4 is 5.73 Å². The predicted octanol–water partition coefficient (Wildman–Crippen LogP) is 5.18. The molecule has 0 bridgehead atoms. The molecule has 1 saturated carbocycles. The molecule has 0 amide bonds. The number of nitrogens with two attached hydrogens (primary N) is 1. The van der Waals surface area contributed by atoms with E-state index in [1.54, 1.807) is 0 Å². The van der Waals surface area contributed by atoms with Crippen molar-refractivity contribution in [3.05, 3.63) is 29.8 Å². The van der Waals surface area contributed by atoms with Crippen LogP contribution in [0.25, 0.3) is 0 Å². The zero-order valence-corrected chi connectivity index (χ0v) is 18.1. The third-order valence-corrected chi connectivity index (χ3v) is 8.08. The lowest BCUT2D eigenvalue weighted by Crippen LogP contribution is -2.39. The lowest BCUT2D eigenvalue weighted by atomic mass is 9.83. The van der Waals surface area contributed by atoms with Crippen LogP contribution in [0.15, 0.2) is 29.2 Å². The fourth-order valence-corrected chi connectivity index (χ4v) is 5.44. The van der Waals surface area contributed by atoms with Crippen molar-refractivity contribution < 1.29 is 21.6 Å². The van der Waals surface area contributed by atoms with E-state index in [1.807, 2.05) is 0 Å². The summed E-state index contributed by atoms with van der Waals surface area (Å²) in [6, 6.07) is 3.91. The molecule has 1 aliphatic rings. The molecule has 1 aromatic rings. The van der Waals surface area contributed by atoms with Crippen LogP contribution in [0.5, 0.6) is 0 Å². The van der Waals surface area contributed by atoms with Crippen molar-refractivity contribution in [3.8, 4) is 0 Å². The van der Waals surface area contributed by atoms with Crippen molar-refractivity contribution in [2.24, 2.45) is 11.7 Å². The first kappa shape index (κ1) is 24.2. The molecule has 0 radical (unpaired) electrons. The Morgan fingerprint density at radius 1 is 1.10 bits per heavy atom. The van der Waals surface area contributed by atoms with E-state index in [-0.39, 0.29) is 17.0 Å². The van der Waals surface area contributed by atoms with Gasteiger partial charge in [0.15, 0.2) is 0 Å². The maximum Gasteiger partial charge on any atom is 0.416 e. The minimum atomic E-state index is -4.48. The monoisotopic (exact) mass is 434 g/mol. The lowest BCUT2D eigenvalue weighted by Gasteiger charge is -2.34. The third kappa shape index (κ3) is 6.69. The number of unbranched alkanes of at least 4 members (excludes halogenated alkanes) is 1. The Bertz CT molecular complexity index is 727. The first-order chi connectivity index (χ1) is 13.6. The number of hydrogen-bond donors (Lipinski definition) is 1. The average Bonchev–Trinajstić information content (AvgIpc) is 2.70. The highest BCUT2D eigenvalue weighted by Gasteiger charge is 2.33. The third-order valence-electron chi connectivity index (χ3n) is 6.15. The molecule has 0 spiro atoms. The van der Waals surface area contributed by atoms with Crippen molar-refractivity contribution in [1.29, 1.82) is 0 Å². The average molecular weight is 435 g/mol. The van der Waals surface area contributed by atoms with E-state index in [4.69, 9.17) is 5.73 Å². The van der Waals surface area contributed by atoms with Crippen LogP contribution in [0, 0.1) is 5.92 Å². The zero-order chi connectivity index (χ0) is 21.7. The van der Waals surface area contributed by atoms with E-state index in [9.17, 15) is 21.6 Å². The second-order valence-corrected chi connectivity index (χ2v) is 10.2. The molecule has 1 atom stereocenters. The summed E-state index contributed by atoms with van der Waals surface area (Å²) in [5, 5.41) is 0. The Labute approximate surface area is 172 Å². The highest BCUT2D eigenvalue weighted by atomic mass is 32.2. The molecule has 8 heteroatoms. The number of rotatable bonds is 9. The molecule has 0 aliphatic heterocycles. The van der Waals surface area contributed by atoms with Crippen molar-refractivity contribution in [3.63, 3.8) is 0 Å². The normalized spacial score (nSPS) is 22.0. The quantitative estimate of drug-likeness (QED) is 0.545. The van der Waals surface area contributed by atoms with Gasteiger partial charge in [-0.05, 0) is 68.7 Å². The van der Waals surface area contributed by atoms with E-state index in [2.05, 4.69) is 6.92 Å². The van der Waals surface area contributed by atoms with E-state index in [0.29, 0.717) is 5.92 Å². The maximum absolute atomic E-state index is 12.8. The first-order valence-electron chi connectivity index (χ1n) is 10.5. The van der Waals surface area contributed by atoms with E-state index >= 15 is 0 Å². The Hall–Kier alpha value is -1.12. The van der Waals surface area contributed by atoms with Gasteiger partial charge < -0.3 is 5.73 Å². The highest BCUT2D eigenvalue weighted by Crippen LogP contribution is 2.34. The van der Waals surface area contributed by atoms with Crippen LogP contribution in [0.1, 0.15) is 70.3 Å². The molecule has 1 aliphatic carbocycles. The summed E-state index contributed by atoms with van der Waals surface area (Å²) in [6.07, 6.45) is 4.57. The Morgan fingerprint density at radius 2 is 1.69 bits per heavy atom. The molecule has 1 unspecified atom stereocenters. The van der Waals surface area contributed by atoms with Gasteiger partial charge in [0, 0.05) is 19.1 Å². The van der Waals surface area contributed by atoms with Crippen LogP contribution in [-0.4, -0.2) is 31.9 Å². The molecule has 2 N–H and O–H groups in total. The second-order valence-electron chi connectivity index (χ2n) is 8.17. The molecular weight excluding hydrogens is 401 g/mol. The molecule has 29 heavy (non-hydrogen) atoms. The zero-order valence-electron chi connectivity index (χ0n) is 17.3. The van der Waals surface area contributed by atoms with Crippen LogP contribution >= 0.6 is 0 Å².